The highest BCUT2D eigenvalue weighted by molar-refractivity contribution is 5.58. The van der Waals surface area contributed by atoms with Gasteiger partial charge < -0.3 is 10.6 Å². The monoisotopic (exact) mass is 257 g/mol. The number of halogens is 1. The third-order valence-electron chi connectivity index (χ3n) is 2.36. The molecule has 2 N–H and O–H groups in total. The van der Waals surface area contributed by atoms with Crippen molar-refractivity contribution in [2.24, 2.45) is 0 Å². The minimum Gasteiger partial charge on any atom is -0.354 e. The van der Waals surface area contributed by atoms with Crippen molar-refractivity contribution >= 4 is 17.5 Å². The van der Waals surface area contributed by atoms with Crippen molar-refractivity contribution in [1.29, 1.82) is 5.26 Å². The molecule has 0 bridgehead atoms. The van der Waals surface area contributed by atoms with Crippen LogP contribution in [0.1, 0.15) is 12.5 Å². The molecule has 6 heteroatoms. The summed E-state index contributed by atoms with van der Waals surface area (Å²) in [4.78, 5) is 7.84. The van der Waals surface area contributed by atoms with Gasteiger partial charge in [0, 0.05) is 12.2 Å². The van der Waals surface area contributed by atoms with Crippen molar-refractivity contribution in [2.75, 3.05) is 17.2 Å². The zero-order chi connectivity index (χ0) is 13.7. The minimum atomic E-state index is -0.536. The topological polar surface area (TPSA) is 73.6 Å². The first kappa shape index (κ1) is 12.8. The lowest BCUT2D eigenvalue weighted by Gasteiger charge is -2.08. The maximum atomic E-state index is 13.6. The van der Waals surface area contributed by atoms with Gasteiger partial charge in [0.25, 0.3) is 0 Å². The zero-order valence-corrected chi connectivity index (χ0v) is 10.3. The van der Waals surface area contributed by atoms with Gasteiger partial charge in [0.2, 0.25) is 5.95 Å². The molecule has 0 spiro atoms. The number of nitrogens with one attached hydrogen (secondary N) is 2. The molecule has 96 valence electrons. The van der Waals surface area contributed by atoms with Crippen LogP contribution in [0.3, 0.4) is 0 Å². The van der Waals surface area contributed by atoms with E-state index in [0.717, 1.165) is 6.20 Å². The number of rotatable bonds is 4. The summed E-state index contributed by atoms with van der Waals surface area (Å²) in [5.74, 6) is -0.0817. The summed E-state index contributed by atoms with van der Waals surface area (Å²) in [7, 11) is 0. The molecule has 0 radical (unpaired) electrons. The SMILES string of the molecule is CCNc1ncc(F)c(Nc2ccc(C#N)cc2)n1. The van der Waals surface area contributed by atoms with E-state index in [1.807, 2.05) is 13.0 Å². The van der Waals surface area contributed by atoms with Crippen LogP contribution in [0.2, 0.25) is 0 Å². The lowest BCUT2D eigenvalue weighted by molar-refractivity contribution is 0.619. The van der Waals surface area contributed by atoms with Crippen molar-refractivity contribution in [3.8, 4) is 6.07 Å². The highest BCUT2D eigenvalue weighted by atomic mass is 19.1. The average Bonchev–Trinajstić information content (AvgIpc) is 2.44. The smallest absolute Gasteiger partial charge is 0.224 e. The van der Waals surface area contributed by atoms with E-state index in [-0.39, 0.29) is 5.82 Å². The summed E-state index contributed by atoms with van der Waals surface area (Å²) in [6.45, 7) is 2.56. The lowest BCUT2D eigenvalue weighted by Crippen LogP contribution is -2.05. The van der Waals surface area contributed by atoms with Gasteiger partial charge >= 0.3 is 0 Å². The first-order chi connectivity index (χ1) is 9.22. The lowest BCUT2D eigenvalue weighted by atomic mass is 10.2. The molecule has 0 saturated heterocycles. The van der Waals surface area contributed by atoms with E-state index in [1.165, 1.54) is 0 Å². The fourth-order valence-corrected chi connectivity index (χ4v) is 1.46. The van der Waals surface area contributed by atoms with Crippen LogP contribution in [-0.2, 0) is 0 Å². The molecule has 0 unspecified atom stereocenters. The third kappa shape index (κ3) is 3.16. The highest BCUT2D eigenvalue weighted by Gasteiger charge is 2.06. The van der Waals surface area contributed by atoms with Crippen molar-refractivity contribution in [3.63, 3.8) is 0 Å². The van der Waals surface area contributed by atoms with Gasteiger partial charge in [0.05, 0.1) is 17.8 Å². The van der Waals surface area contributed by atoms with Crippen LogP contribution in [0.5, 0.6) is 0 Å². The van der Waals surface area contributed by atoms with Crippen LogP contribution < -0.4 is 10.6 Å². The van der Waals surface area contributed by atoms with E-state index >= 15 is 0 Å². The second-order valence-electron chi connectivity index (χ2n) is 3.73. The molecule has 0 fully saturated rings. The minimum absolute atomic E-state index is 0.0932. The predicted octanol–water partition coefficient (Wildman–Crippen LogP) is 2.66. The van der Waals surface area contributed by atoms with Gasteiger partial charge in [-0.05, 0) is 31.2 Å². The molecule has 0 atom stereocenters. The van der Waals surface area contributed by atoms with E-state index < -0.39 is 5.82 Å². The molecule has 0 aliphatic rings. The number of nitrogens with zero attached hydrogens (tertiary/aromatic N) is 3. The van der Waals surface area contributed by atoms with Gasteiger partial charge in [-0.3, -0.25) is 0 Å². The zero-order valence-electron chi connectivity index (χ0n) is 10.3. The Hall–Kier alpha value is -2.68. The largest absolute Gasteiger partial charge is 0.354 e. The fraction of sp³-hybridized carbons (Fsp3) is 0.154. The van der Waals surface area contributed by atoms with Gasteiger partial charge in [-0.25, -0.2) is 9.37 Å². The van der Waals surface area contributed by atoms with E-state index in [1.54, 1.807) is 24.3 Å². The Bertz CT molecular complexity index is 603. The molecule has 1 aromatic carbocycles. The molecule has 0 amide bonds. The molecular weight excluding hydrogens is 245 g/mol. The Morgan fingerprint density at radius 2 is 2.05 bits per heavy atom. The average molecular weight is 257 g/mol. The number of benzene rings is 1. The third-order valence-corrected chi connectivity index (χ3v) is 2.36. The van der Waals surface area contributed by atoms with Crippen molar-refractivity contribution < 1.29 is 4.39 Å². The van der Waals surface area contributed by atoms with Crippen molar-refractivity contribution in [1.82, 2.24) is 9.97 Å². The number of hydrogen-bond donors (Lipinski definition) is 2. The summed E-state index contributed by atoms with van der Waals surface area (Å²) >= 11 is 0. The van der Waals surface area contributed by atoms with Crippen LogP contribution >= 0.6 is 0 Å². The van der Waals surface area contributed by atoms with Crippen molar-refractivity contribution in [3.05, 3.63) is 41.8 Å². The summed E-state index contributed by atoms with van der Waals surface area (Å²) in [5, 5.41) is 14.5. The molecule has 0 aliphatic carbocycles. The van der Waals surface area contributed by atoms with Gasteiger partial charge in [-0.1, -0.05) is 0 Å². The number of aromatic nitrogens is 2. The molecule has 1 aromatic heterocycles. The van der Waals surface area contributed by atoms with E-state index in [2.05, 4.69) is 20.6 Å². The molecule has 0 saturated carbocycles. The van der Waals surface area contributed by atoms with Gasteiger partial charge in [-0.15, -0.1) is 0 Å². The maximum Gasteiger partial charge on any atom is 0.224 e. The molecule has 5 nitrogen and oxygen atoms in total. The van der Waals surface area contributed by atoms with Crippen LogP contribution in [-0.4, -0.2) is 16.5 Å². The molecule has 1 heterocycles. The maximum absolute atomic E-state index is 13.6. The Balaban J connectivity index is 2.21. The Morgan fingerprint density at radius 3 is 2.68 bits per heavy atom. The molecule has 19 heavy (non-hydrogen) atoms. The molecular formula is C13H12FN5. The van der Waals surface area contributed by atoms with Gasteiger partial charge in [0.1, 0.15) is 0 Å². The van der Waals surface area contributed by atoms with Crippen LogP contribution in [0.25, 0.3) is 0 Å². The van der Waals surface area contributed by atoms with E-state index in [4.69, 9.17) is 5.26 Å². The second kappa shape index (κ2) is 5.78. The summed E-state index contributed by atoms with van der Waals surface area (Å²) in [6.07, 6.45) is 1.11. The van der Waals surface area contributed by atoms with Crippen LogP contribution in [0.4, 0.5) is 21.8 Å². The first-order valence-corrected chi connectivity index (χ1v) is 5.76. The molecule has 2 aromatic rings. The van der Waals surface area contributed by atoms with Gasteiger partial charge in [0.15, 0.2) is 11.6 Å². The number of hydrogen-bond acceptors (Lipinski definition) is 5. The van der Waals surface area contributed by atoms with Crippen molar-refractivity contribution in [2.45, 2.75) is 6.92 Å². The Kier molecular flexibility index (Phi) is 3.88. The molecule has 0 aliphatic heterocycles. The quantitative estimate of drug-likeness (QED) is 0.880. The molecule has 2 rings (SSSR count). The second-order valence-corrected chi connectivity index (χ2v) is 3.73. The standard InChI is InChI=1S/C13H12FN5/c1-2-16-13-17-8-11(14)12(19-13)18-10-5-3-9(7-15)4-6-10/h3-6,8H,2H2,1H3,(H2,16,17,18,19). The van der Waals surface area contributed by atoms with E-state index in [9.17, 15) is 4.39 Å². The fourth-order valence-electron chi connectivity index (χ4n) is 1.46. The Labute approximate surface area is 110 Å². The number of nitriles is 1. The van der Waals surface area contributed by atoms with Gasteiger partial charge in [-0.2, -0.15) is 10.2 Å². The summed E-state index contributed by atoms with van der Waals surface area (Å²) in [5.41, 5.74) is 1.20. The Morgan fingerprint density at radius 1 is 1.32 bits per heavy atom. The number of anilines is 3. The van der Waals surface area contributed by atoms with Crippen LogP contribution in [0.15, 0.2) is 30.5 Å². The normalized spacial score (nSPS) is 9.74. The highest BCUT2D eigenvalue weighted by Crippen LogP contribution is 2.18. The van der Waals surface area contributed by atoms with Crippen LogP contribution in [0, 0.1) is 17.1 Å². The van der Waals surface area contributed by atoms with E-state index in [0.29, 0.717) is 23.7 Å². The first-order valence-electron chi connectivity index (χ1n) is 5.76. The summed E-state index contributed by atoms with van der Waals surface area (Å²) in [6, 6.07) is 8.68. The predicted molar refractivity (Wildman–Crippen MR) is 70.6 cm³/mol. The summed E-state index contributed by atoms with van der Waals surface area (Å²) < 4.78 is 13.6.